The lowest BCUT2D eigenvalue weighted by molar-refractivity contribution is 0.238. The van der Waals surface area contributed by atoms with Crippen molar-refractivity contribution in [1.82, 2.24) is 9.65 Å². The summed E-state index contributed by atoms with van der Waals surface area (Å²) in [5.41, 5.74) is 2.09. The van der Waals surface area contributed by atoms with Gasteiger partial charge >= 0.3 is 0 Å². The van der Waals surface area contributed by atoms with Gasteiger partial charge in [0.25, 0.3) is 7.07 Å². The van der Waals surface area contributed by atoms with Crippen LogP contribution in [0, 0.1) is 6.92 Å². The van der Waals surface area contributed by atoms with Crippen LogP contribution in [0.2, 0.25) is 0 Å². The fourth-order valence-electron chi connectivity index (χ4n) is 1.29. The third-order valence-electron chi connectivity index (χ3n) is 2.16. The van der Waals surface area contributed by atoms with Crippen LogP contribution in [0.1, 0.15) is 11.1 Å². The fraction of sp³-hybridized carbons (Fsp3) is 0.444. The molecule has 1 aromatic rings. The highest BCUT2D eigenvalue weighted by Crippen LogP contribution is 2.68. The summed E-state index contributed by atoms with van der Waals surface area (Å²) >= 11 is 4.45. The van der Waals surface area contributed by atoms with Gasteiger partial charge in [0.1, 0.15) is 0 Å². The summed E-state index contributed by atoms with van der Waals surface area (Å²) in [6.07, 6.45) is 1.79. The van der Waals surface area contributed by atoms with E-state index in [1.165, 1.54) is 0 Å². The fourth-order valence-corrected chi connectivity index (χ4v) is 2.84. The summed E-state index contributed by atoms with van der Waals surface area (Å²) < 4.78 is 13.2. The van der Waals surface area contributed by atoms with E-state index in [4.69, 9.17) is 9.05 Å². The lowest BCUT2D eigenvalue weighted by Crippen LogP contribution is -2.21. The van der Waals surface area contributed by atoms with E-state index < -0.39 is 7.07 Å². The van der Waals surface area contributed by atoms with E-state index in [1.54, 1.807) is 6.20 Å². The van der Waals surface area contributed by atoms with Crippen molar-refractivity contribution in [2.45, 2.75) is 13.5 Å². The van der Waals surface area contributed by atoms with Crippen molar-refractivity contribution in [3.63, 3.8) is 0 Å². The van der Waals surface area contributed by atoms with Gasteiger partial charge in [-0.05, 0) is 32.6 Å². The molecule has 0 saturated carbocycles. The Morgan fingerprint density at radius 2 is 2.27 bits per heavy atom. The van der Waals surface area contributed by atoms with Gasteiger partial charge in [0.05, 0.1) is 6.61 Å². The van der Waals surface area contributed by atoms with Crippen molar-refractivity contribution in [2.24, 2.45) is 0 Å². The molecule has 4 nitrogen and oxygen atoms in total. The van der Waals surface area contributed by atoms with Crippen LogP contribution in [0.5, 0.6) is 5.88 Å². The highest BCUT2D eigenvalue weighted by molar-refractivity contribution is 8.48. The standard InChI is InChI=1S/C9H14N2O2PS/c1-7-4-8-6-12-14(15,11(2)3)13-9(8)10-5-7/h4-5,15H,6H2,1-3H3. The Morgan fingerprint density at radius 3 is 2.93 bits per heavy atom. The Labute approximate surface area is 95.3 Å². The predicted octanol–water partition coefficient (Wildman–Crippen LogP) is 2.47. The molecule has 0 saturated heterocycles. The first kappa shape index (κ1) is 11.1. The average molecular weight is 245 g/mol. The van der Waals surface area contributed by atoms with Crippen LogP contribution in [-0.4, -0.2) is 23.7 Å². The van der Waals surface area contributed by atoms with E-state index in [0.29, 0.717) is 12.5 Å². The predicted molar refractivity (Wildman–Crippen MR) is 64.0 cm³/mol. The molecule has 0 aliphatic carbocycles. The van der Waals surface area contributed by atoms with Gasteiger partial charge in [0.15, 0.2) is 0 Å². The molecule has 1 unspecified atom stereocenters. The maximum absolute atomic E-state index is 5.70. The Kier molecular flexibility index (Phi) is 2.90. The van der Waals surface area contributed by atoms with Crippen molar-refractivity contribution < 1.29 is 9.05 Å². The normalized spacial score (nSPS) is 24.9. The molecule has 1 aromatic heterocycles. The average Bonchev–Trinajstić information content (AvgIpc) is 2.18. The minimum Gasteiger partial charge on any atom is -0.417 e. The van der Waals surface area contributed by atoms with Gasteiger partial charge in [-0.2, -0.15) is 0 Å². The van der Waals surface area contributed by atoms with Crippen LogP contribution >= 0.6 is 19.3 Å². The third-order valence-corrected chi connectivity index (χ3v) is 5.71. The second kappa shape index (κ2) is 3.91. The van der Waals surface area contributed by atoms with E-state index in [-0.39, 0.29) is 0 Å². The monoisotopic (exact) mass is 245 g/mol. The van der Waals surface area contributed by atoms with Gasteiger partial charge in [0.2, 0.25) is 5.88 Å². The first-order valence-corrected chi connectivity index (χ1v) is 7.33. The molecule has 0 fully saturated rings. The second-order valence-corrected chi connectivity index (χ2v) is 7.42. The topological polar surface area (TPSA) is 34.6 Å². The number of hydrogen-bond donors (Lipinski definition) is 1. The lowest BCUT2D eigenvalue weighted by atomic mass is 10.2. The maximum atomic E-state index is 5.70. The Hall–Kier alpha value is -0.350. The Bertz CT molecular complexity index is 388. The molecule has 1 aliphatic rings. The van der Waals surface area contributed by atoms with Crippen molar-refractivity contribution >= 4 is 19.3 Å². The largest absolute Gasteiger partial charge is 0.417 e. The lowest BCUT2D eigenvalue weighted by Gasteiger charge is -2.38. The highest BCUT2D eigenvalue weighted by atomic mass is 32.7. The molecule has 1 aliphatic heterocycles. The second-order valence-electron chi connectivity index (χ2n) is 3.68. The number of nitrogens with zero attached hydrogens (tertiary/aromatic N) is 2. The van der Waals surface area contributed by atoms with Gasteiger partial charge in [0, 0.05) is 11.8 Å². The quantitative estimate of drug-likeness (QED) is 0.609. The van der Waals surface area contributed by atoms with Crippen LogP contribution in [0.4, 0.5) is 0 Å². The van der Waals surface area contributed by atoms with Crippen LogP contribution in [0.15, 0.2) is 12.3 Å². The summed E-state index contributed by atoms with van der Waals surface area (Å²) in [6, 6.07) is 2.02. The summed E-state index contributed by atoms with van der Waals surface area (Å²) in [5.74, 6) is 0.642. The highest BCUT2D eigenvalue weighted by Gasteiger charge is 2.36. The van der Waals surface area contributed by atoms with Crippen molar-refractivity contribution in [3.8, 4) is 5.88 Å². The summed E-state index contributed by atoms with van der Waals surface area (Å²) in [6.45, 7) is 2.51. The molecule has 83 valence electrons. The maximum Gasteiger partial charge on any atom is 0.281 e. The van der Waals surface area contributed by atoms with Crippen LogP contribution < -0.4 is 4.52 Å². The van der Waals surface area contributed by atoms with Crippen molar-refractivity contribution in [1.29, 1.82) is 0 Å². The molecule has 0 spiro atoms. The van der Waals surface area contributed by atoms with E-state index >= 15 is 0 Å². The zero-order chi connectivity index (χ0) is 11.1. The summed E-state index contributed by atoms with van der Waals surface area (Å²) in [7, 11) is 1.56. The van der Waals surface area contributed by atoms with E-state index in [2.05, 4.69) is 17.2 Å². The van der Waals surface area contributed by atoms with Crippen molar-refractivity contribution in [2.75, 3.05) is 14.1 Å². The first-order valence-electron chi connectivity index (χ1n) is 4.60. The molecule has 2 heterocycles. The van der Waals surface area contributed by atoms with Crippen LogP contribution in [-0.2, 0) is 11.1 Å². The minimum absolute atomic E-state index is 0.513. The molecule has 0 amide bonds. The van der Waals surface area contributed by atoms with Gasteiger partial charge in [-0.15, -0.1) is 0 Å². The number of aromatic nitrogens is 1. The zero-order valence-electron chi connectivity index (χ0n) is 8.97. The molecule has 15 heavy (non-hydrogen) atoms. The summed E-state index contributed by atoms with van der Waals surface area (Å²) in [5, 5.41) is 0. The van der Waals surface area contributed by atoms with Gasteiger partial charge in [-0.1, -0.05) is 12.2 Å². The molecule has 0 bridgehead atoms. The Balaban J connectivity index is 2.31. The number of hydrogen-bond acceptors (Lipinski definition) is 5. The number of rotatable bonds is 1. The van der Waals surface area contributed by atoms with Gasteiger partial charge in [-0.3, -0.25) is 0 Å². The van der Waals surface area contributed by atoms with E-state index in [9.17, 15) is 0 Å². The van der Waals surface area contributed by atoms with Crippen LogP contribution in [0.3, 0.4) is 0 Å². The molecular formula is C9H14N2O2PS. The molecule has 6 heteroatoms. The number of fused-ring (bicyclic) bond motifs is 1. The minimum atomic E-state index is -2.22. The third kappa shape index (κ3) is 2.11. The van der Waals surface area contributed by atoms with E-state index in [0.717, 1.165) is 11.1 Å². The summed E-state index contributed by atoms with van der Waals surface area (Å²) in [4.78, 5) is 4.25. The van der Waals surface area contributed by atoms with Crippen molar-refractivity contribution in [3.05, 3.63) is 23.4 Å². The Morgan fingerprint density at radius 1 is 1.53 bits per heavy atom. The molecule has 0 aromatic carbocycles. The molecule has 1 radical (unpaired) electrons. The van der Waals surface area contributed by atoms with Gasteiger partial charge in [-0.25, -0.2) is 9.65 Å². The van der Waals surface area contributed by atoms with Gasteiger partial charge < -0.3 is 9.05 Å². The molecule has 0 N–H and O–H groups in total. The first-order chi connectivity index (χ1) is 7.01. The SMILES string of the molecule is Cc1cnc2c(c1)CO[P](S)(N(C)C)O2. The molecule has 1 atom stereocenters. The molecular weight excluding hydrogens is 231 g/mol. The smallest absolute Gasteiger partial charge is 0.281 e. The number of thiol groups is 1. The zero-order valence-corrected chi connectivity index (χ0v) is 10.8. The van der Waals surface area contributed by atoms with E-state index in [1.807, 2.05) is 31.8 Å². The number of pyridine rings is 1. The van der Waals surface area contributed by atoms with Crippen LogP contribution in [0.25, 0.3) is 0 Å². The number of aryl methyl sites for hydroxylation is 1. The molecule has 2 rings (SSSR count).